The van der Waals surface area contributed by atoms with Crippen molar-refractivity contribution >= 4 is 6.09 Å². The van der Waals surface area contributed by atoms with Crippen LogP contribution in [0.1, 0.15) is 50.2 Å². The molecular weight excluding hydrogens is 395 g/mol. The Labute approximate surface area is 185 Å². The monoisotopic (exact) mass is 430 g/mol. The zero-order valence-corrected chi connectivity index (χ0v) is 18.8. The third-order valence-electron chi connectivity index (χ3n) is 5.63. The molecule has 31 heavy (non-hydrogen) atoms. The molecule has 0 aliphatic rings. The number of carbonyl (C=O) groups is 1. The lowest BCUT2D eigenvalue weighted by Crippen LogP contribution is -2.30. The molecule has 1 unspecified atom stereocenters. The number of amides is 1. The molecule has 0 fully saturated rings. The van der Waals surface area contributed by atoms with Gasteiger partial charge in [-0.15, -0.1) is 0 Å². The first-order chi connectivity index (χ1) is 14.9. The van der Waals surface area contributed by atoms with Gasteiger partial charge < -0.3 is 20.5 Å². The van der Waals surface area contributed by atoms with Crippen LogP contribution in [0.25, 0.3) is 11.1 Å². The molecule has 2 rings (SSSR count). The number of ether oxygens (including phenoxy) is 1. The van der Waals surface area contributed by atoms with Crippen LogP contribution in [0, 0.1) is 5.82 Å². The van der Waals surface area contributed by atoms with E-state index in [1.54, 1.807) is 6.07 Å². The Hall–Kier alpha value is -2.44. The molecule has 0 saturated heterocycles. The summed E-state index contributed by atoms with van der Waals surface area (Å²) in [5, 5.41) is 17.5. The van der Waals surface area contributed by atoms with Gasteiger partial charge in [-0.2, -0.15) is 0 Å². The lowest BCUT2D eigenvalue weighted by atomic mass is 9.80. The van der Waals surface area contributed by atoms with Gasteiger partial charge in [-0.05, 0) is 74.9 Å². The van der Waals surface area contributed by atoms with Crippen molar-refractivity contribution in [3.05, 3.63) is 59.4 Å². The van der Waals surface area contributed by atoms with Gasteiger partial charge in [-0.25, -0.2) is 9.18 Å². The number of methoxy groups -OCH3 is 1. The standard InChI is InChI=1S/C25H35FN2O3/c1-4-19-10-7-11-20(18-19)23-21(12-8-13-22(23)26)25(30,14-5-6-16-27-2)15-9-17-28-24(29)31-3/h7-8,10-13,18,27,30H,4-6,9,14-17H2,1-3H3,(H,28,29). The predicted molar refractivity (Wildman–Crippen MR) is 123 cm³/mol. The SMILES string of the molecule is CCc1cccc(-c2c(F)cccc2C(O)(CCCCNC)CCCNC(=O)OC)c1. The number of hydrogen-bond donors (Lipinski definition) is 3. The summed E-state index contributed by atoms with van der Waals surface area (Å²) in [5.74, 6) is -0.341. The number of carbonyl (C=O) groups excluding carboxylic acids is 1. The third-order valence-corrected chi connectivity index (χ3v) is 5.63. The summed E-state index contributed by atoms with van der Waals surface area (Å²) in [6, 6.07) is 12.7. The van der Waals surface area contributed by atoms with E-state index in [1.807, 2.05) is 37.4 Å². The first-order valence-corrected chi connectivity index (χ1v) is 11.0. The molecule has 0 heterocycles. The van der Waals surface area contributed by atoms with Crippen molar-refractivity contribution in [2.24, 2.45) is 0 Å². The predicted octanol–water partition coefficient (Wildman–Crippen LogP) is 4.77. The van der Waals surface area contributed by atoms with Crippen LogP contribution >= 0.6 is 0 Å². The maximum absolute atomic E-state index is 15.1. The summed E-state index contributed by atoms with van der Waals surface area (Å²) in [6.45, 7) is 3.30. The molecular formula is C25H35FN2O3. The van der Waals surface area contributed by atoms with Crippen molar-refractivity contribution in [3.63, 3.8) is 0 Å². The Morgan fingerprint density at radius 3 is 2.55 bits per heavy atom. The van der Waals surface area contributed by atoms with Gasteiger partial charge in [-0.1, -0.05) is 43.3 Å². The summed E-state index contributed by atoms with van der Waals surface area (Å²) in [4.78, 5) is 11.3. The molecule has 0 aliphatic carbocycles. The second kappa shape index (κ2) is 12.4. The van der Waals surface area contributed by atoms with Crippen molar-refractivity contribution in [2.45, 2.75) is 51.0 Å². The van der Waals surface area contributed by atoms with Gasteiger partial charge >= 0.3 is 6.09 Å². The Kier molecular flexibility index (Phi) is 9.95. The summed E-state index contributed by atoms with van der Waals surface area (Å²) < 4.78 is 19.7. The van der Waals surface area contributed by atoms with E-state index >= 15 is 4.39 Å². The van der Waals surface area contributed by atoms with E-state index in [0.717, 1.165) is 36.9 Å². The van der Waals surface area contributed by atoms with E-state index in [9.17, 15) is 9.90 Å². The Bertz CT molecular complexity index is 843. The maximum atomic E-state index is 15.1. The van der Waals surface area contributed by atoms with Gasteiger partial charge in [0.15, 0.2) is 0 Å². The van der Waals surface area contributed by atoms with Gasteiger partial charge in [0.2, 0.25) is 0 Å². The Morgan fingerprint density at radius 1 is 1.10 bits per heavy atom. The summed E-state index contributed by atoms with van der Waals surface area (Å²) in [7, 11) is 3.22. The molecule has 1 amide bonds. The molecule has 0 spiro atoms. The molecule has 0 aliphatic heterocycles. The average molecular weight is 431 g/mol. The molecule has 2 aromatic carbocycles. The number of nitrogens with one attached hydrogen (secondary N) is 2. The minimum atomic E-state index is -1.20. The number of halogens is 1. The Balaban J connectivity index is 2.37. The molecule has 5 nitrogen and oxygen atoms in total. The van der Waals surface area contributed by atoms with E-state index in [2.05, 4.69) is 22.3 Å². The number of benzene rings is 2. The van der Waals surface area contributed by atoms with E-state index < -0.39 is 11.7 Å². The fraction of sp³-hybridized carbons (Fsp3) is 0.480. The van der Waals surface area contributed by atoms with Crippen molar-refractivity contribution in [3.8, 4) is 11.1 Å². The van der Waals surface area contributed by atoms with Crippen LogP contribution in [-0.4, -0.2) is 38.4 Å². The minimum absolute atomic E-state index is 0.341. The van der Waals surface area contributed by atoms with Gasteiger partial charge in [-0.3, -0.25) is 0 Å². The van der Waals surface area contributed by atoms with Crippen LogP contribution in [0.5, 0.6) is 0 Å². The Morgan fingerprint density at radius 2 is 1.84 bits per heavy atom. The quantitative estimate of drug-likeness (QED) is 0.424. The molecule has 3 N–H and O–H groups in total. The van der Waals surface area contributed by atoms with Crippen LogP contribution in [-0.2, 0) is 16.8 Å². The van der Waals surface area contributed by atoms with E-state index in [1.165, 1.54) is 13.2 Å². The van der Waals surface area contributed by atoms with Gasteiger partial charge in [0.05, 0.1) is 12.7 Å². The second-order valence-corrected chi connectivity index (χ2v) is 7.83. The zero-order chi connectivity index (χ0) is 22.7. The van der Waals surface area contributed by atoms with Crippen LogP contribution in [0.2, 0.25) is 0 Å². The highest BCUT2D eigenvalue weighted by Gasteiger charge is 2.32. The molecule has 0 radical (unpaired) electrons. The highest BCUT2D eigenvalue weighted by molar-refractivity contribution is 5.70. The molecule has 0 saturated carbocycles. The minimum Gasteiger partial charge on any atom is -0.453 e. The largest absolute Gasteiger partial charge is 0.453 e. The van der Waals surface area contributed by atoms with Crippen molar-refractivity contribution < 1.29 is 19.0 Å². The normalized spacial score (nSPS) is 12.9. The lowest BCUT2D eigenvalue weighted by molar-refractivity contribution is 0.0144. The molecule has 1 atom stereocenters. The third kappa shape index (κ3) is 7.04. The maximum Gasteiger partial charge on any atom is 0.406 e. The summed E-state index contributed by atoms with van der Waals surface area (Å²) >= 11 is 0. The fourth-order valence-corrected chi connectivity index (χ4v) is 3.91. The van der Waals surface area contributed by atoms with Crippen LogP contribution in [0.15, 0.2) is 42.5 Å². The van der Waals surface area contributed by atoms with Gasteiger partial charge in [0.1, 0.15) is 5.82 Å². The first-order valence-electron chi connectivity index (χ1n) is 11.0. The molecule has 170 valence electrons. The lowest BCUT2D eigenvalue weighted by Gasteiger charge is -2.31. The molecule has 2 aromatic rings. The van der Waals surface area contributed by atoms with Crippen molar-refractivity contribution in [2.75, 3.05) is 27.2 Å². The number of alkyl carbamates (subject to hydrolysis) is 1. The van der Waals surface area contributed by atoms with Crippen LogP contribution < -0.4 is 10.6 Å². The van der Waals surface area contributed by atoms with Gasteiger partial charge in [0, 0.05) is 12.1 Å². The smallest absolute Gasteiger partial charge is 0.406 e. The molecule has 0 bridgehead atoms. The van der Waals surface area contributed by atoms with E-state index in [4.69, 9.17) is 0 Å². The fourth-order valence-electron chi connectivity index (χ4n) is 3.91. The first kappa shape index (κ1) is 24.8. The summed E-state index contributed by atoms with van der Waals surface area (Å²) in [6.07, 6.45) is 3.52. The van der Waals surface area contributed by atoms with Crippen LogP contribution in [0.4, 0.5) is 9.18 Å². The van der Waals surface area contributed by atoms with Crippen molar-refractivity contribution in [1.82, 2.24) is 10.6 Å². The van der Waals surface area contributed by atoms with E-state index in [-0.39, 0.29) is 5.82 Å². The van der Waals surface area contributed by atoms with Crippen LogP contribution in [0.3, 0.4) is 0 Å². The number of aliphatic hydroxyl groups is 1. The topological polar surface area (TPSA) is 70.6 Å². The van der Waals surface area contributed by atoms with E-state index in [0.29, 0.717) is 36.9 Å². The summed E-state index contributed by atoms with van der Waals surface area (Å²) in [5.41, 5.74) is 1.74. The number of rotatable bonds is 12. The molecule has 6 heteroatoms. The highest BCUT2D eigenvalue weighted by atomic mass is 19.1. The van der Waals surface area contributed by atoms with Gasteiger partial charge in [0.25, 0.3) is 0 Å². The second-order valence-electron chi connectivity index (χ2n) is 7.83. The average Bonchev–Trinajstić information content (AvgIpc) is 2.79. The van der Waals surface area contributed by atoms with Crippen molar-refractivity contribution in [1.29, 1.82) is 0 Å². The zero-order valence-electron chi connectivity index (χ0n) is 18.8. The number of aryl methyl sites for hydroxylation is 1. The molecule has 0 aromatic heterocycles. The number of hydrogen-bond acceptors (Lipinski definition) is 4. The number of unbranched alkanes of at least 4 members (excludes halogenated alkanes) is 1. The highest BCUT2D eigenvalue weighted by Crippen LogP contribution is 2.40.